The van der Waals surface area contributed by atoms with E-state index in [1.54, 1.807) is 0 Å². The molecule has 0 atom stereocenters. The van der Waals surface area contributed by atoms with Gasteiger partial charge in [0.1, 0.15) is 0 Å². The molecule has 1 fully saturated rings. The highest BCUT2D eigenvalue weighted by atomic mass is 32.2. The van der Waals surface area contributed by atoms with Crippen molar-refractivity contribution in [1.82, 2.24) is 4.72 Å². The summed E-state index contributed by atoms with van der Waals surface area (Å²) in [5.41, 5.74) is -0.601. The second-order valence-electron chi connectivity index (χ2n) is 7.57. The van der Waals surface area contributed by atoms with Crippen molar-refractivity contribution < 1.29 is 18.7 Å². The van der Waals surface area contributed by atoms with Crippen molar-refractivity contribution in [3.05, 3.63) is 34.4 Å². The molecule has 1 aliphatic rings. The van der Waals surface area contributed by atoms with E-state index in [1.165, 1.54) is 24.3 Å². The number of nitro groups is 1. The summed E-state index contributed by atoms with van der Waals surface area (Å²) in [6, 6.07) is 5.17. The van der Waals surface area contributed by atoms with E-state index in [4.69, 9.17) is 0 Å². The van der Waals surface area contributed by atoms with Crippen LogP contribution in [-0.2, 0) is 10.0 Å². The maximum atomic E-state index is 12.6. The second kappa shape index (κ2) is 5.85. The van der Waals surface area contributed by atoms with Crippen molar-refractivity contribution in [1.29, 1.82) is 0 Å². The van der Waals surface area contributed by atoms with Gasteiger partial charge in [0.05, 0.1) is 16.0 Å². The molecule has 0 aromatic heterocycles. The van der Waals surface area contributed by atoms with E-state index < -0.39 is 20.6 Å². The number of benzene rings is 1. The number of nitrogens with two attached hydrogens (primary N) is 1. The molecule has 1 heterocycles. The Morgan fingerprint density at radius 3 is 2.22 bits per heavy atom. The summed E-state index contributed by atoms with van der Waals surface area (Å²) < 4.78 is 27.9. The monoisotopic (exact) mass is 342 g/mol. The molecule has 8 heteroatoms. The molecule has 0 spiro atoms. The van der Waals surface area contributed by atoms with Gasteiger partial charge in [-0.25, -0.2) is 13.1 Å². The molecule has 0 amide bonds. The lowest BCUT2D eigenvalue weighted by Gasteiger charge is -2.42. The van der Waals surface area contributed by atoms with Gasteiger partial charge in [0.2, 0.25) is 10.0 Å². The minimum absolute atomic E-state index is 0.0996. The van der Waals surface area contributed by atoms with Gasteiger partial charge in [-0.05, 0) is 33.8 Å². The molecule has 1 aliphatic heterocycles. The molecule has 2 rings (SSSR count). The van der Waals surface area contributed by atoms with Gasteiger partial charge in [-0.1, -0.05) is 12.1 Å². The van der Waals surface area contributed by atoms with Gasteiger partial charge in [0.15, 0.2) is 4.90 Å². The fourth-order valence-corrected chi connectivity index (χ4v) is 5.13. The predicted octanol–water partition coefficient (Wildman–Crippen LogP) is 1.16. The van der Waals surface area contributed by atoms with E-state index in [2.05, 4.69) is 37.7 Å². The number of rotatable bonds is 4. The Kier molecular flexibility index (Phi) is 4.53. The van der Waals surface area contributed by atoms with Gasteiger partial charge in [-0.2, -0.15) is 0 Å². The molecular formula is C15H24N3O4S+. The van der Waals surface area contributed by atoms with Crippen LogP contribution in [0.15, 0.2) is 29.2 Å². The predicted molar refractivity (Wildman–Crippen MR) is 86.5 cm³/mol. The van der Waals surface area contributed by atoms with Crippen LogP contribution < -0.4 is 10.0 Å². The van der Waals surface area contributed by atoms with Crippen LogP contribution in [0.1, 0.15) is 40.5 Å². The van der Waals surface area contributed by atoms with Gasteiger partial charge in [0, 0.05) is 24.9 Å². The van der Waals surface area contributed by atoms with Crippen molar-refractivity contribution in [3.63, 3.8) is 0 Å². The third-order valence-corrected chi connectivity index (χ3v) is 5.57. The molecule has 0 unspecified atom stereocenters. The number of hydrogen-bond acceptors (Lipinski definition) is 4. The molecule has 23 heavy (non-hydrogen) atoms. The molecule has 1 saturated heterocycles. The third-order valence-electron chi connectivity index (χ3n) is 4.00. The van der Waals surface area contributed by atoms with Crippen molar-refractivity contribution in [2.45, 2.75) is 62.6 Å². The Labute approximate surface area is 136 Å². The summed E-state index contributed by atoms with van der Waals surface area (Å²) in [6.07, 6.45) is 1.33. The zero-order valence-electron chi connectivity index (χ0n) is 13.9. The summed E-state index contributed by atoms with van der Waals surface area (Å²) in [4.78, 5) is 10.1. The Morgan fingerprint density at radius 2 is 1.70 bits per heavy atom. The van der Waals surface area contributed by atoms with E-state index in [1.807, 2.05) is 0 Å². The Morgan fingerprint density at radius 1 is 1.17 bits per heavy atom. The standard InChI is InChI=1S/C15H23N3O4S/c1-14(2)9-11(10-15(3,4)17-14)16-23(21,22)13-8-6-5-7-12(13)18(19)20/h5-8,11,16-17H,9-10H2,1-4H3/p+1. The highest BCUT2D eigenvalue weighted by Gasteiger charge is 2.43. The number of quaternary nitrogens is 1. The summed E-state index contributed by atoms with van der Waals surface area (Å²) in [6.45, 7) is 8.28. The highest BCUT2D eigenvalue weighted by Crippen LogP contribution is 2.26. The lowest BCUT2D eigenvalue weighted by molar-refractivity contribution is -0.787. The number of para-hydroxylation sites is 1. The average molecular weight is 342 g/mol. The zero-order valence-corrected chi connectivity index (χ0v) is 14.7. The van der Waals surface area contributed by atoms with Crippen LogP contribution in [0.5, 0.6) is 0 Å². The van der Waals surface area contributed by atoms with Gasteiger partial charge in [-0.3, -0.25) is 10.1 Å². The summed E-state index contributed by atoms with van der Waals surface area (Å²) in [5, 5.41) is 13.3. The molecule has 1 aromatic carbocycles. The van der Waals surface area contributed by atoms with Crippen LogP contribution in [0.2, 0.25) is 0 Å². The number of hydrogen-bond donors (Lipinski definition) is 2. The topological polar surface area (TPSA) is 106 Å². The highest BCUT2D eigenvalue weighted by molar-refractivity contribution is 7.89. The Balaban J connectivity index is 2.30. The van der Waals surface area contributed by atoms with Crippen LogP contribution in [0.3, 0.4) is 0 Å². The second-order valence-corrected chi connectivity index (χ2v) is 9.26. The Hall–Kier alpha value is -1.51. The van der Waals surface area contributed by atoms with Gasteiger partial charge in [-0.15, -0.1) is 0 Å². The SMILES string of the molecule is CC1(C)CC(NS(=O)(=O)c2ccccc2[N+](=O)[O-])CC(C)(C)[NH2+]1. The largest absolute Gasteiger partial charge is 0.337 e. The van der Waals surface area contributed by atoms with Crippen LogP contribution in [0, 0.1) is 10.1 Å². The maximum Gasteiger partial charge on any atom is 0.289 e. The smallest absolute Gasteiger partial charge is 0.289 e. The Bertz CT molecular complexity index is 697. The van der Waals surface area contributed by atoms with E-state index in [0.29, 0.717) is 12.8 Å². The first-order valence-corrected chi connectivity index (χ1v) is 9.03. The zero-order chi connectivity index (χ0) is 17.5. The summed E-state index contributed by atoms with van der Waals surface area (Å²) in [7, 11) is -3.94. The number of nitro benzene ring substituents is 1. The van der Waals surface area contributed by atoms with Crippen LogP contribution >= 0.6 is 0 Å². The molecule has 0 bridgehead atoms. The van der Waals surface area contributed by atoms with Gasteiger partial charge >= 0.3 is 0 Å². The fourth-order valence-electron chi connectivity index (χ4n) is 3.72. The van der Waals surface area contributed by atoms with Gasteiger partial charge in [0.25, 0.3) is 5.69 Å². The molecule has 0 radical (unpaired) electrons. The van der Waals surface area contributed by atoms with Crippen LogP contribution in [0.25, 0.3) is 0 Å². The molecule has 7 nitrogen and oxygen atoms in total. The van der Waals surface area contributed by atoms with Crippen molar-refractivity contribution in [2.75, 3.05) is 0 Å². The molecule has 3 N–H and O–H groups in total. The molecule has 0 aliphatic carbocycles. The fraction of sp³-hybridized carbons (Fsp3) is 0.600. The van der Waals surface area contributed by atoms with E-state index in [9.17, 15) is 18.5 Å². The van der Waals surface area contributed by atoms with E-state index in [0.717, 1.165) is 0 Å². The quantitative estimate of drug-likeness (QED) is 0.632. The number of nitrogens with one attached hydrogen (secondary N) is 1. The van der Waals surface area contributed by atoms with Crippen LogP contribution in [-0.4, -0.2) is 30.5 Å². The third kappa shape index (κ3) is 4.27. The van der Waals surface area contributed by atoms with E-state index in [-0.39, 0.29) is 22.0 Å². The number of nitrogens with zero attached hydrogens (tertiary/aromatic N) is 1. The molecule has 0 saturated carbocycles. The number of sulfonamides is 1. The molecule has 128 valence electrons. The number of piperidine rings is 1. The minimum Gasteiger partial charge on any atom is -0.337 e. The first kappa shape index (κ1) is 17.8. The lowest BCUT2D eigenvalue weighted by Crippen LogP contribution is -3.06. The van der Waals surface area contributed by atoms with Crippen LogP contribution in [0.4, 0.5) is 5.69 Å². The average Bonchev–Trinajstić information content (AvgIpc) is 2.34. The van der Waals surface area contributed by atoms with Crippen molar-refractivity contribution >= 4 is 15.7 Å². The summed E-state index contributed by atoms with van der Waals surface area (Å²) in [5.74, 6) is 0. The minimum atomic E-state index is -3.94. The first-order valence-electron chi connectivity index (χ1n) is 7.55. The van der Waals surface area contributed by atoms with E-state index >= 15 is 0 Å². The van der Waals surface area contributed by atoms with Crippen molar-refractivity contribution in [2.24, 2.45) is 0 Å². The molecular weight excluding hydrogens is 318 g/mol. The maximum absolute atomic E-state index is 12.6. The normalized spacial score (nSPS) is 21.0. The lowest BCUT2D eigenvalue weighted by atomic mass is 9.80. The summed E-state index contributed by atoms with van der Waals surface area (Å²) >= 11 is 0. The molecule has 1 aromatic rings. The van der Waals surface area contributed by atoms with Crippen molar-refractivity contribution in [3.8, 4) is 0 Å². The van der Waals surface area contributed by atoms with Gasteiger partial charge < -0.3 is 5.32 Å². The first-order chi connectivity index (χ1) is 10.4.